The third kappa shape index (κ3) is 45.6. The number of carbonyl (C=O) groups excluding carboxylic acids is 2. The SMILES string of the molecule is CCCCC/C=C/C/C=C/CCCCCCCCCCCC(=O)OC[C@H](COP(=O)(O)OCCN)OC(=O)CCCCCCCCCCC/C=C/CCCCCCCC. The van der Waals surface area contributed by atoms with Crippen molar-refractivity contribution in [3.63, 3.8) is 0 Å². The van der Waals surface area contributed by atoms with Crippen molar-refractivity contribution >= 4 is 19.8 Å². The highest BCUT2D eigenvalue weighted by atomic mass is 31.2. The van der Waals surface area contributed by atoms with Gasteiger partial charge in [-0.1, -0.05) is 185 Å². The van der Waals surface area contributed by atoms with Gasteiger partial charge in [-0.05, 0) is 70.6 Å². The van der Waals surface area contributed by atoms with Crippen LogP contribution in [0.25, 0.3) is 0 Å². The summed E-state index contributed by atoms with van der Waals surface area (Å²) in [6.45, 7) is 3.73. The van der Waals surface area contributed by atoms with E-state index in [0.717, 1.165) is 44.9 Å². The lowest BCUT2D eigenvalue weighted by atomic mass is 10.1. The second-order valence-corrected chi connectivity index (χ2v) is 17.8. The summed E-state index contributed by atoms with van der Waals surface area (Å²) in [6.07, 6.45) is 51.7. The first kappa shape index (κ1) is 57.2. The fourth-order valence-corrected chi connectivity index (χ4v) is 7.60. The number of esters is 2. The molecule has 0 fully saturated rings. The van der Waals surface area contributed by atoms with E-state index in [9.17, 15) is 19.0 Å². The molecule has 1 unspecified atom stereocenters. The lowest BCUT2D eigenvalue weighted by Crippen LogP contribution is -2.29. The summed E-state index contributed by atoms with van der Waals surface area (Å²) in [5.74, 6) is -0.829. The van der Waals surface area contributed by atoms with Crippen LogP contribution in [0.4, 0.5) is 0 Å². The third-order valence-electron chi connectivity index (χ3n) is 10.5. The zero-order chi connectivity index (χ0) is 43.2. The Hall–Kier alpha value is -1.77. The smallest absolute Gasteiger partial charge is 0.462 e. The van der Waals surface area contributed by atoms with Gasteiger partial charge < -0.3 is 20.1 Å². The number of nitrogens with two attached hydrogens (primary N) is 1. The molecule has 10 heteroatoms. The number of phosphoric acid groups is 1. The highest BCUT2D eigenvalue weighted by Crippen LogP contribution is 2.43. The highest BCUT2D eigenvalue weighted by Gasteiger charge is 2.26. The fourth-order valence-electron chi connectivity index (χ4n) is 6.84. The number of unbranched alkanes of at least 4 members (excludes halogenated alkanes) is 27. The maximum absolute atomic E-state index is 12.6. The molecule has 0 rings (SSSR count). The minimum Gasteiger partial charge on any atom is -0.462 e. The van der Waals surface area contributed by atoms with Gasteiger partial charge in [-0.2, -0.15) is 0 Å². The van der Waals surface area contributed by atoms with Crippen molar-refractivity contribution in [1.82, 2.24) is 0 Å². The summed E-state index contributed by atoms with van der Waals surface area (Å²) in [4.78, 5) is 35.0. The zero-order valence-corrected chi connectivity index (χ0v) is 39.1. The van der Waals surface area contributed by atoms with Crippen molar-refractivity contribution in [2.75, 3.05) is 26.4 Å². The van der Waals surface area contributed by atoms with Gasteiger partial charge in [-0.3, -0.25) is 18.6 Å². The molecule has 0 bridgehead atoms. The van der Waals surface area contributed by atoms with Gasteiger partial charge in [-0.25, -0.2) is 4.57 Å². The molecule has 0 aromatic rings. The molecule has 0 amide bonds. The topological polar surface area (TPSA) is 134 Å². The molecule has 3 N–H and O–H groups in total. The number of hydrogen-bond acceptors (Lipinski definition) is 8. The quantitative estimate of drug-likeness (QED) is 0.0265. The van der Waals surface area contributed by atoms with Crippen LogP contribution >= 0.6 is 7.82 Å². The molecular weight excluding hydrogens is 762 g/mol. The Morgan fingerprint density at radius 1 is 0.508 bits per heavy atom. The molecule has 9 nitrogen and oxygen atoms in total. The third-order valence-corrected chi connectivity index (χ3v) is 11.5. The predicted octanol–water partition coefficient (Wildman–Crippen LogP) is 14.5. The van der Waals surface area contributed by atoms with E-state index < -0.39 is 26.5 Å². The second kappa shape index (κ2) is 45.7. The first-order valence-electron chi connectivity index (χ1n) is 24.5. The Balaban J connectivity index is 4.07. The van der Waals surface area contributed by atoms with E-state index in [1.54, 1.807) is 0 Å². The van der Waals surface area contributed by atoms with Crippen LogP contribution in [0, 0.1) is 0 Å². The summed E-state index contributed by atoms with van der Waals surface area (Å²) < 4.78 is 32.9. The summed E-state index contributed by atoms with van der Waals surface area (Å²) in [5, 5.41) is 0. The number of phosphoric ester groups is 1. The van der Waals surface area contributed by atoms with Crippen LogP contribution in [-0.4, -0.2) is 49.3 Å². The number of carbonyl (C=O) groups is 2. The second-order valence-electron chi connectivity index (χ2n) is 16.3. The minimum atomic E-state index is -4.38. The number of rotatable bonds is 46. The van der Waals surface area contributed by atoms with Crippen LogP contribution < -0.4 is 5.73 Å². The molecule has 0 saturated heterocycles. The van der Waals surface area contributed by atoms with E-state index in [1.807, 2.05) is 0 Å². The van der Waals surface area contributed by atoms with Crippen LogP contribution in [-0.2, 0) is 32.7 Å². The van der Waals surface area contributed by atoms with E-state index in [-0.39, 0.29) is 38.6 Å². The first-order valence-corrected chi connectivity index (χ1v) is 26.0. The normalized spacial score (nSPS) is 13.5. The lowest BCUT2D eigenvalue weighted by Gasteiger charge is -2.19. The first-order chi connectivity index (χ1) is 28.8. The van der Waals surface area contributed by atoms with Gasteiger partial charge in [0.1, 0.15) is 6.61 Å². The van der Waals surface area contributed by atoms with Crippen molar-refractivity contribution in [2.24, 2.45) is 5.73 Å². The van der Waals surface area contributed by atoms with Gasteiger partial charge in [0.25, 0.3) is 0 Å². The van der Waals surface area contributed by atoms with Crippen LogP contribution in [0.15, 0.2) is 36.5 Å². The molecule has 0 aliphatic rings. The number of hydrogen-bond donors (Lipinski definition) is 2. The monoisotopic (exact) mass is 854 g/mol. The molecule has 0 spiro atoms. The summed E-state index contributed by atoms with van der Waals surface area (Å²) in [6, 6.07) is 0. The van der Waals surface area contributed by atoms with Crippen LogP contribution in [0.1, 0.15) is 232 Å². The lowest BCUT2D eigenvalue weighted by molar-refractivity contribution is -0.161. The Morgan fingerprint density at radius 2 is 0.881 bits per heavy atom. The minimum absolute atomic E-state index is 0.0527. The van der Waals surface area contributed by atoms with E-state index in [2.05, 4.69) is 50.3 Å². The maximum atomic E-state index is 12.6. The van der Waals surface area contributed by atoms with Gasteiger partial charge >= 0.3 is 19.8 Å². The summed E-state index contributed by atoms with van der Waals surface area (Å²) in [7, 11) is -4.38. The van der Waals surface area contributed by atoms with Crippen LogP contribution in [0.5, 0.6) is 0 Å². The zero-order valence-electron chi connectivity index (χ0n) is 38.2. The van der Waals surface area contributed by atoms with E-state index >= 15 is 0 Å². The maximum Gasteiger partial charge on any atom is 0.472 e. The molecule has 0 aromatic carbocycles. The molecule has 59 heavy (non-hydrogen) atoms. The summed E-state index contributed by atoms with van der Waals surface area (Å²) >= 11 is 0. The van der Waals surface area contributed by atoms with E-state index in [0.29, 0.717) is 6.42 Å². The molecule has 0 saturated carbocycles. The Morgan fingerprint density at radius 3 is 1.34 bits per heavy atom. The van der Waals surface area contributed by atoms with Gasteiger partial charge in [0.05, 0.1) is 13.2 Å². The molecule has 2 atom stereocenters. The fraction of sp³-hybridized carbons (Fsp3) is 0.837. The van der Waals surface area contributed by atoms with Crippen LogP contribution in [0.3, 0.4) is 0 Å². The van der Waals surface area contributed by atoms with Crippen molar-refractivity contribution in [2.45, 2.75) is 238 Å². The molecule has 0 aromatic heterocycles. The molecule has 346 valence electrons. The average molecular weight is 854 g/mol. The van der Waals surface area contributed by atoms with E-state index in [1.165, 1.54) is 154 Å². The average Bonchev–Trinajstić information content (AvgIpc) is 3.22. The van der Waals surface area contributed by atoms with Gasteiger partial charge in [0.2, 0.25) is 0 Å². The van der Waals surface area contributed by atoms with Crippen molar-refractivity contribution in [1.29, 1.82) is 0 Å². The Bertz CT molecular complexity index is 1060. The van der Waals surface area contributed by atoms with Crippen molar-refractivity contribution in [3.8, 4) is 0 Å². The van der Waals surface area contributed by atoms with Gasteiger partial charge in [0, 0.05) is 19.4 Å². The summed E-state index contributed by atoms with van der Waals surface area (Å²) in [5.41, 5.74) is 5.36. The van der Waals surface area contributed by atoms with Crippen molar-refractivity contribution in [3.05, 3.63) is 36.5 Å². The number of allylic oxidation sites excluding steroid dienone is 6. The van der Waals surface area contributed by atoms with Gasteiger partial charge in [-0.15, -0.1) is 0 Å². The Kier molecular flexibility index (Phi) is 44.4. The largest absolute Gasteiger partial charge is 0.472 e. The van der Waals surface area contributed by atoms with Crippen LogP contribution in [0.2, 0.25) is 0 Å². The molecule has 0 radical (unpaired) electrons. The molecular formula is C49H92NO8P. The molecule has 0 aliphatic heterocycles. The highest BCUT2D eigenvalue weighted by molar-refractivity contribution is 7.47. The van der Waals surface area contributed by atoms with E-state index in [4.69, 9.17) is 24.3 Å². The van der Waals surface area contributed by atoms with Gasteiger partial charge in [0.15, 0.2) is 6.10 Å². The standard InChI is InChI=1S/C49H92NO8P/c1-3-5-7-9-11-13-15-17-19-21-23-25-27-29-31-33-35-37-39-41-48(51)55-45-47(46-57-59(53,54)56-44-43-50)58-49(52)42-40-38-36-34-32-30-28-26-24-22-20-18-16-14-12-10-8-6-4-2/h11,13,17-20,47H,3-10,12,14-16,21-46,50H2,1-2H3,(H,53,54)/b13-11+,19-17+,20-18+/t47-/m1/s1. The van der Waals surface area contributed by atoms with Crippen molar-refractivity contribution < 1.29 is 37.6 Å². The molecule has 0 heterocycles. The Labute approximate surface area is 363 Å². The molecule has 0 aliphatic carbocycles. The number of ether oxygens (including phenoxy) is 2. The predicted molar refractivity (Wildman–Crippen MR) is 247 cm³/mol.